The molecular weight excluding hydrogens is 264 g/mol. The molecule has 5 nitrogen and oxygen atoms in total. The third-order valence-corrected chi connectivity index (χ3v) is 3.88. The van der Waals surface area contributed by atoms with Crippen molar-refractivity contribution >= 4 is 5.82 Å². The highest BCUT2D eigenvalue weighted by Gasteiger charge is 2.22. The lowest BCUT2D eigenvalue weighted by molar-refractivity contribution is 0.191. The first-order valence-electron chi connectivity index (χ1n) is 7.54. The maximum absolute atomic E-state index is 5.91. The SMILES string of the molecule is CC1CC=CCC1COc1cc(NN)nc(C(C)(C)C)n1. The molecule has 0 saturated heterocycles. The Bertz CT molecular complexity index is 507. The molecule has 3 N–H and O–H groups in total. The number of nitrogens with two attached hydrogens (primary N) is 1. The van der Waals surface area contributed by atoms with Crippen molar-refractivity contribution in [1.82, 2.24) is 9.97 Å². The average Bonchev–Trinajstić information content (AvgIpc) is 2.45. The molecule has 116 valence electrons. The van der Waals surface area contributed by atoms with E-state index in [1.807, 2.05) is 0 Å². The van der Waals surface area contributed by atoms with Crippen LogP contribution in [0.3, 0.4) is 0 Å². The number of anilines is 1. The quantitative estimate of drug-likeness (QED) is 0.506. The van der Waals surface area contributed by atoms with E-state index in [0.29, 0.717) is 30.1 Å². The van der Waals surface area contributed by atoms with Crippen molar-refractivity contribution in [2.45, 2.75) is 46.0 Å². The first-order chi connectivity index (χ1) is 9.90. The van der Waals surface area contributed by atoms with Crippen molar-refractivity contribution in [1.29, 1.82) is 0 Å². The summed E-state index contributed by atoms with van der Waals surface area (Å²) in [4.78, 5) is 8.91. The van der Waals surface area contributed by atoms with Gasteiger partial charge in [-0.1, -0.05) is 39.8 Å². The molecule has 1 aliphatic rings. The Morgan fingerprint density at radius 1 is 1.29 bits per heavy atom. The van der Waals surface area contributed by atoms with Crippen molar-refractivity contribution < 1.29 is 4.74 Å². The van der Waals surface area contributed by atoms with Crippen LogP contribution in [0.1, 0.15) is 46.4 Å². The minimum Gasteiger partial charge on any atom is -0.477 e. The third-order valence-electron chi connectivity index (χ3n) is 3.88. The minimum absolute atomic E-state index is 0.147. The fourth-order valence-electron chi connectivity index (χ4n) is 2.34. The Hall–Kier alpha value is -1.62. The second kappa shape index (κ2) is 6.43. The predicted octanol–water partition coefficient (Wildman–Crippen LogP) is 3.04. The number of hydrazine groups is 1. The predicted molar refractivity (Wildman–Crippen MR) is 85.1 cm³/mol. The number of nitrogen functional groups attached to an aromatic ring is 1. The van der Waals surface area contributed by atoms with Gasteiger partial charge >= 0.3 is 0 Å². The second-order valence-corrected chi connectivity index (χ2v) is 6.80. The van der Waals surface area contributed by atoms with Crippen LogP contribution in [0.15, 0.2) is 18.2 Å². The van der Waals surface area contributed by atoms with Gasteiger partial charge in [-0.3, -0.25) is 0 Å². The molecule has 5 heteroatoms. The summed E-state index contributed by atoms with van der Waals surface area (Å²) in [5.74, 6) is 8.57. The van der Waals surface area contributed by atoms with Gasteiger partial charge in [0.05, 0.1) is 6.61 Å². The van der Waals surface area contributed by atoms with Gasteiger partial charge < -0.3 is 10.2 Å². The lowest BCUT2D eigenvalue weighted by atomic mass is 9.85. The zero-order valence-electron chi connectivity index (χ0n) is 13.4. The normalized spacial score (nSPS) is 22.1. The Labute approximate surface area is 127 Å². The summed E-state index contributed by atoms with van der Waals surface area (Å²) in [6.07, 6.45) is 6.68. The monoisotopic (exact) mass is 290 g/mol. The van der Waals surface area contributed by atoms with Crippen LogP contribution in [0.25, 0.3) is 0 Å². The Morgan fingerprint density at radius 3 is 2.62 bits per heavy atom. The van der Waals surface area contributed by atoms with Gasteiger partial charge in [0.15, 0.2) is 0 Å². The molecule has 21 heavy (non-hydrogen) atoms. The molecule has 2 rings (SSSR count). The standard InChI is InChI=1S/C16H26N4O/c1-11-7-5-6-8-12(11)10-21-14-9-13(20-17)18-15(19-14)16(2,3)4/h5-6,9,11-12H,7-8,10,17H2,1-4H3,(H,18,19,20). The molecule has 0 aromatic carbocycles. The number of hydrogen-bond donors (Lipinski definition) is 2. The van der Waals surface area contributed by atoms with Crippen molar-refractivity contribution in [2.24, 2.45) is 17.7 Å². The lowest BCUT2D eigenvalue weighted by Gasteiger charge is -2.25. The van der Waals surface area contributed by atoms with Crippen molar-refractivity contribution in [3.8, 4) is 5.88 Å². The van der Waals surface area contributed by atoms with Gasteiger partial charge in [0.2, 0.25) is 5.88 Å². The molecule has 0 bridgehead atoms. The van der Waals surface area contributed by atoms with Crippen LogP contribution in [0.4, 0.5) is 5.82 Å². The zero-order chi connectivity index (χ0) is 15.5. The molecular formula is C16H26N4O. The van der Waals surface area contributed by atoms with Gasteiger partial charge in [-0.05, 0) is 24.7 Å². The highest BCUT2D eigenvalue weighted by molar-refractivity contribution is 5.38. The maximum atomic E-state index is 5.91. The van der Waals surface area contributed by atoms with E-state index >= 15 is 0 Å². The summed E-state index contributed by atoms with van der Waals surface area (Å²) in [5.41, 5.74) is 2.44. The van der Waals surface area contributed by atoms with Crippen molar-refractivity contribution in [2.75, 3.05) is 12.0 Å². The second-order valence-electron chi connectivity index (χ2n) is 6.80. The van der Waals surface area contributed by atoms with Crippen LogP contribution >= 0.6 is 0 Å². The van der Waals surface area contributed by atoms with Crippen LogP contribution < -0.4 is 16.0 Å². The van der Waals surface area contributed by atoms with Crippen LogP contribution in [0, 0.1) is 11.8 Å². The highest BCUT2D eigenvalue weighted by atomic mass is 16.5. The number of allylic oxidation sites excluding steroid dienone is 2. The van der Waals surface area contributed by atoms with Crippen LogP contribution in [0.2, 0.25) is 0 Å². The molecule has 0 saturated carbocycles. The fourth-order valence-corrected chi connectivity index (χ4v) is 2.34. The number of aromatic nitrogens is 2. The molecule has 1 aromatic rings. The van der Waals surface area contributed by atoms with E-state index in [0.717, 1.165) is 18.7 Å². The summed E-state index contributed by atoms with van der Waals surface area (Å²) in [5, 5.41) is 0. The van der Waals surface area contributed by atoms with Crippen molar-refractivity contribution in [3.63, 3.8) is 0 Å². The average molecular weight is 290 g/mol. The van der Waals surface area contributed by atoms with Crippen LogP contribution in [-0.2, 0) is 5.41 Å². The zero-order valence-corrected chi connectivity index (χ0v) is 13.4. The molecule has 2 atom stereocenters. The van der Waals surface area contributed by atoms with E-state index in [1.165, 1.54) is 0 Å². The molecule has 0 radical (unpaired) electrons. The van der Waals surface area contributed by atoms with E-state index in [4.69, 9.17) is 10.6 Å². The van der Waals surface area contributed by atoms with Gasteiger partial charge in [-0.15, -0.1) is 0 Å². The Kier molecular flexibility index (Phi) is 4.83. The van der Waals surface area contributed by atoms with Crippen molar-refractivity contribution in [3.05, 3.63) is 24.0 Å². The maximum Gasteiger partial charge on any atom is 0.218 e. The molecule has 0 fully saturated rings. The Morgan fingerprint density at radius 2 is 2.00 bits per heavy atom. The van der Waals surface area contributed by atoms with Gasteiger partial charge in [-0.25, -0.2) is 10.8 Å². The number of nitrogens with zero attached hydrogens (tertiary/aromatic N) is 2. The molecule has 0 spiro atoms. The van der Waals surface area contributed by atoms with E-state index in [-0.39, 0.29) is 5.41 Å². The summed E-state index contributed by atoms with van der Waals surface area (Å²) in [6.45, 7) is 9.16. The minimum atomic E-state index is -0.147. The number of hydrogen-bond acceptors (Lipinski definition) is 5. The molecule has 0 amide bonds. The third kappa shape index (κ3) is 4.17. The summed E-state index contributed by atoms with van der Waals surface area (Å²) in [7, 11) is 0. The topological polar surface area (TPSA) is 73.1 Å². The summed E-state index contributed by atoms with van der Waals surface area (Å²) < 4.78 is 5.91. The Balaban J connectivity index is 2.10. The smallest absolute Gasteiger partial charge is 0.218 e. The molecule has 2 unspecified atom stereocenters. The number of nitrogens with one attached hydrogen (secondary N) is 1. The van der Waals surface area contributed by atoms with Gasteiger partial charge in [0.1, 0.15) is 11.6 Å². The van der Waals surface area contributed by atoms with E-state index in [2.05, 4.69) is 55.2 Å². The van der Waals surface area contributed by atoms with E-state index in [1.54, 1.807) is 6.07 Å². The first kappa shape index (κ1) is 15.8. The molecule has 0 aliphatic heterocycles. The highest BCUT2D eigenvalue weighted by Crippen LogP contribution is 2.27. The number of ether oxygens (including phenoxy) is 1. The molecule has 1 heterocycles. The molecule has 1 aromatic heterocycles. The van der Waals surface area contributed by atoms with Crippen LogP contribution in [-0.4, -0.2) is 16.6 Å². The van der Waals surface area contributed by atoms with E-state index in [9.17, 15) is 0 Å². The molecule has 1 aliphatic carbocycles. The largest absolute Gasteiger partial charge is 0.477 e. The van der Waals surface area contributed by atoms with E-state index < -0.39 is 0 Å². The number of rotatable bonds is 4. The van der Waals surface area contributed by atoms with Crippen LogP contribution in [0.5, 0.6) is 5.88 Å². The summed E-state index contributed by atoms with van der Waals surface area (Å²) in [6, 6.07) is 1.75. The lowest BCUT2D eigenvalue weighted by Crippen LogP contribution is -2.23. The summed E-state index contributed by atoms with van der Waals surface area (Å²) >= 11 is 0. The van der Waals surface area contributed by atoms with Gasteiger partial charge in [0.25, 0.3) is 0 Å². The van der Waals surface area contributed by atoms with Gasteiger partial charge in [-0.2, -0.15) is 4.98 Å². The van der Waals surface area contributed by atoms with Gasteiger partial charge in [0, 0.05) is 11.5 Å². The fraction of sp³-hybridized carbons (Fsp3) is 0.625. The first-order valence-corrected chi connectivity index (χ1v) is 7.54.